The van der Waals surface area contributed by atoms with Gasteiger partial charge in [0.2, 0.25) is 0 Å². The highest BCUT2D eigenvalue weighted by atomic mass is 32.2. The highest BCUT2D eigenvalue weighted by Crippen LogP contribution is 2.34. The molecule has 0 spiro atoms. The average Bonchev–Trinajstić information content (AvgIpc) is 2.41. The van der Waals surface area contributed by atoms with Crippen molar-refractivity contribution in [3.8, 4) is 0 Å². The van der Waals surface area contributed by atoms with Gasteiger partial charge in [0, 0.05) is 17.8 Å². The van der Waals surface area contributed by atoms with E-state index in [4.69, 9.17) is 5.73 Å². The van der Waals surface area contributed by atoms with E-state index in [1.165, 1.54) is 63.1 Å². The zero-order chi connectivity index (χ0) is 12.1. The number of piperidine rings is 1. The molecule has 17 heavy (non-hydrogen) atoms. The predicted molar refractivity (Wildman–Crippen MR) is 77.5 cm³/mol. The maximum absolute atomic E-state index is 6.11. The fourth-order valence-corrected chi connectivity index (χ4v) is 4.80. The van der Waals surface area contributed by atoms with Gasteiger partial charge in [0.25, 0.3) is 0 Å². The van der Waals surface area contributed by atoms with E-state index >= 15 is 0 Å². The number of thioether (sulfide) groups is 1. The third-order valence-electron chi connectivity index (χ3n) is 4.66. The first-order valence-corrected chi connectivity index (χ1v) is 8.49. The number of nitrogens with two attached hydrogens (primary N) is 1. The fourth-order valence-electron chi connectivity index (χ4n) is 3.48. The Labute approximate surface area is 111 Å². The summed E-state index contributed by atoms with van der Waals surface area (Å²) in [7, 11) is 0. The Hall–Kier alpha value is 0.270. The molecule has 2 fully saturated rings. The molecule has 0 aromatic carbocycles. The highest BCUT2D eigenvalue weighted by Gasteiger charge is 2.38. The summed E-state index contributed by atoms with van der Waals surface area (Å²) in [6.07, 6.45) is 8.27. The van der Waals surface area contributed by atoms with Crippen LogP contribution in [0.2, 0.25) is 0 Å². The Balaban J connectivity index is 1.89. The van der Waals surface area contributed by atoms with Crippen LogP contribution in [0.25, 0.3) is 0 Å². The second-order valence-corrected chi connectivity index (χ2v) is 6.91. The summed E-state index contributed by atoms with van der Waals surface area (Å²) in [5, 5.41) is 0. The largest absolute Gasteiger partial charge is 0.329 e. The first-order valence-electron chi connectivity index (χ1n) is 7.33. The summed E-state index contributed by atoms with van der Waals surface area (Å²) in [5.41, 5.74) is 6.45. The van der Waals surface area contributed by atoms with Crippen molar-refractivity contribution in [3.05, 3.63) is 0 Å². The van der Waals surface area contributed by atoms with E-state index in [1.807, 2.05) is 0 Å². The van der Waals surface area contributed by atoms with Crippen molar-refractivity contribution >= 4 is 11.8 Å². The Morgan fingerprint density at radius 3 is 2.65 bits per heavy atom. The van der Waals surface area contributed by atoms with E-state index in [0.717, 1.165) is 12.5 Å². The quantitative estimate of drug-likeness (QED) is 0.838. The van der Waals surface area contributed by atoms with Crippen molar-refractivity contribution in [1.82, 2.24) is 4.90 Å². The average molecular weight is 256 g/mol. The molecule has 0 saturated carbocycles. The summed E-state index contributed by atoms with van der Waals surface area (Å²) < 4.78 is 0. The maximum Gasteiger partial charge on any atom is 0.0422 e. The second kappa shape index (κ2) is 6.44. The normalized spacial score (nSPS) is 32.8. The van der Waals surface area contributed by atoms with Crippen LogP contribution < -0.4 is 5.73 Å². The topological polar surface area (TPSA) is 29.3 Å². The molecule has 2 saturated heterocycles. The summed E-state index contributed by atoms with van der Waals surface area (Å²) in [4.78, 5) is 2.73. The molecular formula is C14H28N2S. The molecule has 2 N–H and O–H groups in total. The van der Waals surface area contributed by atoms with Crippen molar-refractivity contribution in [1.29, 1.82) is 0 Å². The standard InChI is InChI=1S/C14H28N2S/c1-2-4-13-5-8-16(9-6-13)14(11-15)7-3-10-17-12-14/h13H,2-12,15H2,1H3. The van der Waals surface area contributed by atoms with Crippen molar-refractivity contribution in [2.24, 2.45) is 11.7 Å². The zero-order valence-corrected chi connectivity index (χ0v) is 12.1. The molecule has 2 aliphatic heterocycles. The number of likely N-dealkylation sites (tertiary alicyclic amines) is 1. The molecule has 2 aliphatic rings. The predicted octanol–water partition coefficient (Wildman–Crippen LogP) is 2.72. The Kier molecular flexibility index (Phi) is 5.19. The molecular weight excluding hydrogens is 228 g/mol. The van der Waals surface area contributed by atoms with Crippen LogP contribution in [-0.2, 0) is 0 Å². The van der Waals surface area contributed by atoms with Gasteiger partial charge >= 0.3 is 0 Å². The van der Waals surface area contributed by atoms with Crippen LogP contribution in [0, 0.1) is 5.92 Å². The second-order valence-electron chi connectivity index (χ2n) is 5.80. The maximum atomic E-state index is 6.11. The number of hydrogen-bond donors (Lipinski definition) is 1. The third kappa shape index (κ3) is 3.18. The van der Waals surface area contributed by atoms with E-state index in [2.05, 4.69) is 23.6 Å². The van der Waals surface area contributed by atoms with E-state index in [-0.39, 0.29) is 0 Å². The van der Waals surface area contributed by atoms with E-state index in [1.54, 1.807) is 0 Å². The summed E-state index contributed by atoms with van der Waals surface area (Å²) in [5.74, 6) is 3.60. The lowest BCUT2D eigenvalue weighted by Crippen LogP contribution is -2.59. The summed E-state index contributed by atoms with van der Waals surface area (Å²) in [6.45, 7) is 5.76. The van der Waals surface area contributed by atoms with Crippen LogP contribution in [-0.4, -0.2) is 41.6 Å². The van der Waals surface area contributed by atoms with E-state index < -0.39 is 0 Å². The van der Waals surface area contributed by atoms with Crippen molar-refractivity contribution < 1.29 is 0 Å². The smallest absolute Gasteiger partial charge is 0.0422 e. The van der Waals surface area contributed by atoms with Crippen LogP contribution >= 0.6 is 11.8 Å². The van der Waals surface area contributed by atoms with Crippen LogP contribution in [0.15, 0.2) is 0 Å². The number of hydrogen-bond acceptors (Lipinski definition) is 3. The van der Waals surface area contributed by atoms with Gasteiger partial charge in [-0.3, -0.25) is 4.90 Å². The van der Waals surface area contributed by atoms with Gasteiger partial charge in [0.15, 0.2) is 0 Å². The highest BCUT2D eigenvalue weighted by molar-refractivity contribution is 7.99. The first kappa shape index (κ1) is 13.7. The first-order chi connectivity index (χ1) is 8.30. The molecule has 0 aromatic rings. The molecule has 2 rings (SSSR count). The molecule has 0 amide bonds. The third-order valence-corrected chi connectivity index (χ3v) is 5.98. The van der Waals surface area contributed by atoms with Gasteiger partial charge in [-0.15, -0.1) is 0 Å². The molecule has 0 bridgehead atoms. The molecule has 2 heterocycles. The molecule has 0 aromatic heterocycles. The zero-order valence-electron chi connectivity index (χ0n) is 11.3. The molecule has 100 valence electrons. The lowest BCUT2D eigenvalue weighted by atomic mass is 9.86. The van der Waals surface area contributed by atoms with Gasteiger partial charge in [-0.1, -0.05) is 19.8 Å². The monoisotopic (exact) mass is 256 g/mol. The Bertz CT molecular complexity index is 218. The van der Waals surface area contributed by atoms with E-state index in [9.17, 15) is 0 Å². The minimum absolute atomic E-state index is 0.347. The fraction of sp³-hybridized carbons (Fsp3) is 1.00. The molecule has 1 unspecified atom stereocenters. The van der Waals surface area contributed by atoms with Gasteiger partial charge in [-0.05, 0) is 50.4 Å². The van der Waals surface area contributed by atoms with Crippen LogP contribution in [0.3, 0.4) is 0 Å². The molecule has 1 atom stereocenters. The Morgan fingerprint density at radius 2 is 2.12 bits per heavy atom. The summed E-state index contributed by atoms with van der Waals surface area (Å²) in [6, 6.07) is 0. The van der Waals surface area contributed by atoms with Crippen LogP contribution in [0.1, 0.15) is 45.4 Å². The molecule has 3 heteroatoms. The number of nitrogens with zero attached hydrogens (tertiary/aromatic N) is 1. The lowest BCUT2D eigenvalue weighted by molar-refractivity contribution is 0.0603. The Morgan fingerprint density at radius 1 is 1.35 bits per heavy atom. The minimum Gasteiger partial charge on any atom is -0.329 e. The molecule has 0 aliphatic carbocycles. The van der Waals surface area contributed by atoms with Gasteiger partial charge < -0.3 is 5.73 Å². The van der Waals surface area contributed by atoms with Gasteiger partial charge in [0.05, 0.1) is 0 Å². The van der Waals surface area contributed by atoms with Gasteiger partial charge in [-0.2, -0.15) is 11.8 Å². The van der Waals surface area contributed by atoms with Crippen molar-refractivity contribution in [2.45, 2.75) is 51.0 Å². The summed E-state index contributed by atoms with van der Waals surface area (Å²) >= 11 is 2.11. The van der Waals surface area contributed by atoms with Gasteiger partial charge in [0.1, 0.15) is 0 Å². The van der Waals surface area contributed by atoms with Crippen LogP contribution in [0.5, 0.6) is 0 Å². The molecule has 0 radical (unpaired) electrons. The van der Waals surface area contributed by atoms with Crippen molar-refractivity contribution in [3.63, 3.8) is 0 Å². The molecule has 2 nitrogen and oxygen atoms in total. The number of rotatable bonds is 4. The van der Waals surface area contributed by atoms with Gasteiger partial charge in [-0.25, -0.2) is 0 Å². The SMILES string of the molecule is CCCC1CCN(C2(CN)CCCSC2)CC1. The van der Waals surface area contributed by atoms with E-state index in [0.29, 0.717) is 5.54 Å². The van der Waals surface area contributed by atoms with Crippen molar-refractivity contribution in [2.75, 3.05) is 31.1 Å². The minimum atomic E-state index is 0.347. The van der Waals surface area contributed by atoms with Crippen LogP contribution in [0.4, 0.5) is 0 Å². The lowest BCUT2D eigenvalue weighted by Gasteiger charge is -2.48.